The van der Waals surface area contributed by atoms with Crippen LogP contribution in [0.3, 0.4) is 0 Å². The normalized spacial score (nSPS) is 21.9. The molecule has 0 spiro atoms. The van der Waals surface area contributed by atoms with Gasteiger partial charge in [0.15, 0.2) is 5.43 Å². The Labute approximate surface area is 147 Å². The van der Waals surface area contributed by atoms with Crippen molar-refractivity contribution in [2.45, 2.75) is 39.5 Å². The number of pyridine rings is 1. The molecule has 25 heavy (non-hydrogen) atoms. The molecule has 0 amide bonds. The number of aryl methyl sites for hydroxylation is 1. The fraction of sp³-hybridized carbons (Fsp3) is 0.381. The maximum absolute atomic E-state index is 13.2. The number of H-pyrrole nitrogens is 1. The lowest BCUT2D eigenvalue weighted by molar-refractivity contribution is -0.0706. The molecule has 2 heterocycles. The van der Waals surface area contributed by atoms with Gasteiger partial charge in [-0.1, -0.05) is 30.3 Å². The molecule has 1 N–H and O–H groups in total. The Balaban J connectivity index is 1.80. The van der Waals surface area contributed by atoms with Crippen molar-refractivity contribution < 1.29 is 4.74 Å². The van der Waals surface area contributed by atoms with Gasteiger partial charge in [0.1, 0.15) is 0 Å². The zero-order valence-corrected chi connectivity index (χ0v) is 15.0. The Morgan fingerprint density at radius 1 is 1.08 bits per heavy atom. The highest BCUT2D eigenvalue weighted by Gasteiger charge is 2.23. The van der Waals surface area contributed by atoms with Gasteiger partial charge in [-0.3, -0.25) is 9.69 Å². The highest BCUT2D eigenvalue weighted by Crippen LogP contribution is 2.23. The Morgan fingerprint density at radius 2 is 1.80 bits per heavy atom. The Kier molecular flexibility index (Phi) is 4.10. The van der Waals surface area contributed by atoms with E-state index >= 15 is 0 Å². The predicted molar refractivity (Wildman–Crippen MR) is 102 cm³/mol. The molecule has 1 aliphatic heterocycles. The molecule has 4 rings (SSSR count). The topological polar surface area (TPSA) is 45.3 Å². The van der Waals surface area contributed by atoms with Crippen molar-refractivity contribution in [3.05, 3.63) is 57.9 Å². The number of nitrogens with one attached hydrogen (secondary N) is 1. The van der Waals surface area contributed by atoms with Gasteiger partial charge in [-0.15, -0.1) is 0 Å². The molecular weight excluding hydrogens is 312 g/mol. The standard InChI is InChI=1S/C21H24N2O2/c1-13-10-23(11-14(2)25-13)12-19-15(3)22-20-17-7-5-4-6-16(17)8-9-18(20)21(19)24/h4-9,13-14H,10-12H2,1-3H3,(H,22,24)/t13-,14-/m1/s1. The van der Waals surface area contributed by atoms with Crippen LogP contribution in [0.5, 0.6) is 0 Å². The van der Waals surface area contributed by atoms with E-state index in [1.807, 2.05) is 31.2 Å². The third-order valence-electron chi connectivity index (χ3n) is 5.09. The second-order valence-corrected chi connectivity index (χ2v) is 7.22. The van der Waals surface area contributed by atoms with Crippen LogP contribution in [0, 0.1) is 6.92 Å². The molecule has 2 aromatic carbocycles. The van der Waals surface area contributed by atoms with Crippen molar-refractivity contribution >= 4 is 21.7 Å². The van der Waals surface area contributed by atoms with E-state index in [4.69, 9.17) is 4.74 Å². The van der Waals surface area contributed by atoms with Gasteiger partial charge < -0.3 is 9.72 Å². The minimum absolute atomic E-state index is 0.142. The summed E-state index contributed by atoms with van der Waals surface area (Å²) in [7, 11) is 0. The van der Waals surface area contributed by atoms with Crippen LogP contribution in [0.25, 0.3) is 21.7 Å². The molecule has 4 nitrogen and oxygen atoms in total. The monoisotopic (exact) mass is 336 g/mol. The van der Waals surface area contributed by atoms with Gasteiger partial charge >= 0.3 is 0 Å². The summed E-state index contributed by atoms with van der Waals surface area (Å²) in [4.78, 5) is 19.0. The molecule has 130 valence electrons. The van der Waals surface area contributed by atoms with Gasteiger partial charge in [0.25, 0.3) is 0 Å². The first kappa shape index (κ1) is 16.3. The smallest absolute Gasteiger partial charge is 0.194 e. The number of rotatable bonds is 2. The van der Waals surface area contributed by atoms with E-state index < -0.39 is 0 Å². The molecule has 0 aliphatic carbocycles. The van der Waals surface area contributed by atoms with Crippen molar-refractivity contribution in [1.82, 2.24) is 9.88 Å². The molecule has 1 aliphatic rings. The fourth-order valence-electron chi connectivity index (χ4n) is 4.02. The number of nitrogens with zero attached hydrogens (tertiary/aromatic N) is 1. The van der Waals surface area contributed by atoms with Gasteiger partial charge in [0.05, 0.1) is 17.7 Å². The Bertz CT molecular complexity index is 982. The third-order valence-corrected chi connectivity index (χ3v) is 5.09. The fourth-order valence-corrected chi connectivity index (χ4v) is 4.02. The zero-order chi connectivity index (χ0) is 17.6. The summed E-state index contributed by atoms with van der Waals surface area (Å²) in [5.74, 6) is 0. The van der Waals surface area contributed by atoms with Crippen LogP contribution in [-0.4, -0.2) is 35.2 Å². The number of hydrogen-bond donors (Lipinski definition) is 1. The number of benzene rings is 2. The maximum atomic E-state index is 13.2. The Morgan fingerprint density at radius 3 is 2.56 bits per heavy atom. The summed E-state index contributed by atoms with van der Waals surface area (Å²) in [6.45, 7) is 8.57. The molecule has 0 bridgehead atoms. The van der Waals surface area contributed by atoms with Crippen molar-refractivity contribution in [3.63, 3.8) is 0 Å². The highest BCUT2D eigenvalue weighted by molar-refractivity contribution is 6.05. The number of aromatic amines is 1. The van der Waals surface area contributed by atoms with E-state index in [1.165, 1.54) is 0 Å². The number of aromatic nitrogens is 1. The van der Waals surface area contributed by atoms with Crippen molar-refractivity contribution in [2.75, 3.05) is 13.1 Å². The Hall–Kier alpha value is -2.17. The molecule has 1 saturated heterocycles. The summed E-state index contributed by atoms with van der Waals surface area (Å²) in [6, 6.07) is 12.2. The lowest BCUT2D eigenvalue weighted by Gasteiger charge is -2.35. The number of hydrogen-bond acceptors (Lipinski definition) is 3. The van der Waals surface area contributed by atoms with Crippen LogP contribution >= 0.6 is 0 Å². The molecule has 0 saturated carbocycles. The summed E-state index contributed by atoms with van der Waals surface area (Å²) in [6.07, 6.45) is 0.403. The average molecular weight is 336 g/mol. The van der Waals surface area contributed by atoms with E-state index in [1.54, 1.807) is 0 Å². The van der Waals surface area contributed by atoms with Crippen molar-refractivity contribution in [3.8, 4) is 0 Å². The lowest BCUT2D eigenvalue weighted by atomic mass is 10.0. The predicted octanol–water partition coefficient (Wildman–Crippen LogP) is 3.60. The summed E-state index contributed by atoms with van der Waals surface area (Å²) in [5, 5.41) is 3.02. The first-order valence-corrected chi connectivity index (χ1v) is 8.94. The van der Waals surface area contributed by atoms with Crippen molar-refractivity contribution in [1.29, 1.82) is 0 Å². The second kappa shape index (κ2) is 6.28. The van der Waals surface area contributed by atoms with Gasteiger partial charge in [0.2, 0.25) is 0 Å². The van der Waals surface area contributed by atoms with Crippen LogP contribution in [0.15, 0.2) is 41.2 Å². The molecule has 2 atom stereocenters. The van der Waals surface area contributed by atoms with Gasteiger partial charge in [0, 0.05) is 41.7 Å². The van der Waals surface area contributed by atoms with Gasteiger partial charge in [-0.25, -0.2) is 0 Å². The molecule has 1 fully saturated rings. The molecule has 0 unspecified atom stereocenters. The van der Waals surface area contributed by atoms with E-state index in [0.29, 0.717) is 6.54 Å². The zero-order valence-electron chi connectivity index (χ0n) is 15.0. The van der Waals surface area contributed by atoms with Crippen LogP contribution in [0.4, 0.5) is 0 Å². The van der Waals surface area contributed by atoms with Crippen LogP contribution < -0.4 is 5.43 Å². The first-order valence-electron chi connectivity index (χ1n) is 8.94. The van der Waals surface area contributed by atoms with Crippen molar-refractivity contribution in [2.24, 2.45) is 0 Å². The van der Waals surface area contributed by atoms with E-state index in [9.17, 15) is 4.79 Å². The number of ether oxygens (including phenoxy) is 1. The summed E-state index contributed by atoms with van der Waals surface area (Å²) >= 11 is 0. The largest absolute Gasteiger partial charge is 0.373 e. The van der Waals surface area contributed by atoms with Gasteiger partial charge in [-0.05, 0) is 32.2 Å². The average Bonchev–Trinajstić information content (AvgIpc) is 2.57. The van der Waals surface area contributed by atoms with Crippen LogP contribution in [-0.2, 0) is 11.3 Å². The second-order valence-electron chi connectivity index (χ2n) is 7.22. The molecule has 3 aromatic rings. The minimum atomic E-state index is 0.142. The summed E-state index contributed by atoms with van der Waals surface area (Å²) in [5.41, 5.74) is 2.90. The molecular formula is C21H24N2O2. The van der Waals surface area contributed by atoms with Gasteiger partial charge in [-0.2, -0.15) is 0 Å². The quantitative estimate of drug-likeness (QED) is 0.727. The summed E-state index contributed by atoms with van der Waals surface area (Å²) < 4.78 is 5.81. The highest BCUT2D eigenvalue weighted by atomic mass is 16.5. The molecule has 0 radical (unpaired) electrons. The molecule has 4 heteroatoms. The van der Waals surface area contributed by atoms with E-state index in [-0.39, 0.29) is 17.6 Å². The van der Waals surface area contributed by atoms with E-state index in [2.05, 4.69) is 35.9 Å². The maximum Gasteiger partial charge on any atom is 0.194 e. The lowest BCUT2D eigenvalue weighted by Crippen LogP contribution is -2.45. The van der Waals surface area contributed by atoms with Crippen LogP contribution in [0.1, 0.15) is 25.1 Å². The minimum Gasteiger partial charge on any atom is -0.373 e. The number of morpholine rings is 1. The third kappa shape index (κ3) is 2.96. The van der Waals surface area contributed by atoms with Crippen LogP contribution in [0.2, 0.25) is 0 Å². The number of fused-ring (bicyclic) bond motifs is 3. The first-order chi connectivity index (χ1) is 12.0. The molecule has 1 aromatic heterocycles. The van der Waals surface area contributed by atoms with E-state index in [0.717, 1.165) is 46.0 Å². The SMILES string of the molecule is Cc1[nH]c2c(ccc3ccccc32)c(=O)c1CN1C[C@@H](C)O[C@H](C)C1.